The number of ether oxygens (including phenoxy) is 1. The third-order valence-corrected chi connectivity index (χ3v) is 10.7. The van der Waals surface area contributed by atoms with Crippen LogP contribution in [0.25, 0.3) is 0 Å². The van der Waals surface area contributed by atoms with Crippen LogP contribution in [0.5, 0.6) is 0 Å². The molecule has 0 aromatic heterocycles. The van der Waals surface area contributed by atoms with Crippen LogP contribution in [0.1, 0.15) is 73.7 Å². The van der Waals surface area contributed by atoms with Crippen molar-refractivity contribution in [1.29, 1.82) is 0 Å². The zero-order valence-electron chi connectivity index (χ0n) is 26.7. The smallest absolute Gasteiger partial charge is 0.415 e. The van der Waals surface area contributed by atoms with Gasteiger partial charge >= 0.3 is 12.1 Å². The van der Waals surface area contributed by atoms with E-state index in [2.05, 4.69) is 6.92 Å². The molecule has 3 aromatic rings. The Bertz CT molecular complexity index is 1680. The number of nitrogens with zero attached hydrogens (tertiary/aromatic N) is 3. The Hall–Kier alpha value is -4.66. The Morgan fingerprint density at radius 3 is 2.11 bits per heavy atom. The molecule has 0 unspecified atom stereocenters. The number of anilines is 1. The molecule has 2 fully saturated rings. The number of hydrogen-bond acceptors (Lipinski definition) is 5. The fourth-order valence-electron chi connectivity index (χ4n) is 8.15. The minimum Gasteiger partial charge on any atom is -0.480 e. The number of fused-ring (bicyclic) bond motifs is 2. The van der Waals surface area contributed by atoms with Gasteiger partial charge in [-0.3, -0.25) is 14.5 Å². The van der Waals surface area contributed by atoms with Crippen LogP contribution in [0.2, 0.25) is 0 Å². The van der Waals surface area contributed by atoms with Crippen molar-refractivity contribution in [3.63, 3.8) is 0 Å². The first-order valence-corrected chi connectivity index (χ1v) is 16.9. The molecule has 3 aliphatic heterocycles. The summed E-state index contributed by atoms with van der Waals surface area (Å²) in [5.41, 5.74) is 4.24. The van der Waals surface area contributed by atoms with E-state index >= 15 is 0 Å². The van der Waals surface area contributed by atoms with Gasteiger partial charge < -0.3 is 19.6 Å². The summed E-state index contributed by atoms with van der Waals surface area (Å²) in [7, 11) is 0. The second kappa shape index (κ2) is 12.9. The monoisotopic (exact) mass is 635 g/mol. The van der Waals surface area contributed by atoms with Gasteiger partial charge in [0, 0.05) is 19.4 Å². The molecule has 3 amide bonds. The number of benzene rings is 3. The van der Waals surface area contributed by atoms with Crippen LogP contribution in [-0.4, -0.2) is 63.0 Å². The van der Waals surface area contributed by atoms with Crippen molar-refractivity contribution in [3.8, 4) is 0 Å². The lowest BCUT2D eigenvalue weighted by Gasteiger charge is -2.40. The minimum atomic E-state index is -1.07. The van der Waals surface area contributed by atoms with E-state index in [0.29, 0.717) is 24.9 Å². The summed E-state index contributed by atoms with van der Waals surface area (Å²) in [6.07, 6.45) is 4.58. The lowest BCUT2D eigenvalue weighted by Crippen LogP contribution is -2.58. The second-order valence-corrected chi connectivity index (χ2v) is 13.5. The fraction of sp³-hybridized carbons (Fsp3) is 0.421. The number of rotatable bonds is 5. The zero-order valence-corrected chi connectivity index (χ0v) is 26.7. The fourth-order valence-corrected chi connectivity index (χ4v) is 8.15. The van der Waals surface area contributed by atoms with Gasteiger partial charge in [0.15, 0.2) is 0 Å². The van der Waals surface area contributed by atoms with E-state index in [1.54, 1.807) is 4.90 Å². The number of carbonyl (C=O) groups excluding carboxylic acids is 3. The molecule has 6 atom stereocenters. The zero-order chi connectivity index (χ0) is 32.7. The van der Waals surface area contributed by atoms with Crippen molar-refractivity contribution in [2.75, 3.05) is 4.90 Å². The molecule has 1 aliphatic carbocycles. The first-order chi connectivity index (χ1) is 22.8. The SMILES string of the molecule is C[C@@H]1CCCC[C@H]1OC(=O)N1c2ccccc2C[C@@H]1C(=O)N1[C@@H](C(=O)N2Cc3ccccc3C[C@@H]2C(=O)O)CC[C@H]1c1ccccc1. The third-order valence-electron chi connectivity index (χ3n) is 10.7. The van der Waals surface area contributed by atoms with Gasteiger partial charge in [-0.2, -0.15) is 0 Å². The molecule has 1 saturated carbocycles. The highest BCUT2D eigenvalue weighted by Gasteiger charge is 2.50. The van der Waals surface area contributed by atoms with Crippen molar-refractivity contribution in [1.82, 2.24) is 9.80 Å². The number of carboxylic acids is 1. The predicted molar refractivity (Wildman–Crippen MR) is 175 cm³/mol. The minimum absolute atomic E-state index is 0.160. The van der Waals surface area contributed by atoms with Crippen LogP contribution in [-0.2, 0) is 38.5 Å². The number of amides is 3. The molecule has 47 heavy (non-hydrogen) atoms. The molecular weight excluding hydrogens is 594 g/mol. The normalized spacial score (nSPS) is 26.8. The summed E-state index contributed by atoms with van der Waals surface area (Å²) in [5.74, 6) is -1.54. The van der Waals surface area contributed by atoms with E-state index in [9.17, 15) is 24.3 Å². The predicted octanol–water partition coefficient (Wildman–Crippen LogP) is 5.90. The maximum Gasteiger partial charge on any atom is 0.415 e. The standard InChI is InChI=1S/C38H41N3O6/c1-24-11-5-10-18-34(24)47-38(46)41-29-17-9-8-15-27(29)22-32(41)36(43)40-30(25-12-3-2-4-13-25)19-20-31(40)35(42)39-23-28-16-7-6-14-26(28)21-33(39)37(44)45/h2-4,6-9,12-17,24,30-34H,5,10-11,18-23H2,1H3,(H,44,45)/t24-,30+,31-,32-,33-,34-/m1/s1. The average Bonchev–Trinajstić information content (AvgIpc) is 3.71. The number of carbonyl (C=O) groups is 4. The first-order valence-electron chi connectivity index (χ1n) is 16.9. The highest BCUT2D eigenvalue weighted by Crippen LogP contribution is 2.42. The van der Waals surface area contributed by atoms with Crippen LogP contribution in [0.3, 0.4) is 0 Å². The Kier molecular flexibility index (Phi) is 8.47. The molecule has 0 spiro atoms. The maximum atomic E-state index is 15.0. The summed E-state index contributed by atoms with van der Waals surface area (Å²) < 4.78 is 6.12. The number of hydrogen-bond donors (Lipinski definition) is 1. The second-order valence-electron chi connectivity index (χ2n) is 13.5. The Balaban J connectivity index is 1.23. The molecule has 1 saturated heterocycles. The van der Waals surface area contributed by atoms with Crippen molar-refractivity contribution in [2.45, 2.75) is 95.1 Å². The Morgan fingerprint density at radius 2 is 1.36 bits per heavy atom. The van der Waals surface area contributed by atoms with E-state index in [1.807, 2.05) is 78.9 Å². The van der Waals surface area contributed by atoms with E-state index in [-0.39, 0.29) is 36.8 Å². The highest BCUT2D eigenvalue weighted by atomic mass is 16.6. The summed E-state index contributed by atoms with van der Waals surface area (Å²) in [6, 6.07) is 21.5. The van der Waals surface area contributed by atoms with Crippen molar-refractivity contribution < 1.29 is 29.0 Å². The summed E-state index contributed by atoms with van der Waals surface area (Å²) >= 11 is 0. The summed E-state index contributed by atoms with van der Waals surface area (Å²) in [6.45, 7) is 2.26. The van der Waals surface area contributed by atoms with Gasteiger partial charge in [-0.25, -0.2) is 9.59 Å². The van der Waals surface area contributed by atoms with Gasteiger partial charge in [-0.05, 0) is 66.3 Å². The molecule has 3 aromatic carbocycles. The average molecular weight is 636 g/mol. The van der Waals surface area contributed by atoms with Gasteiger partial charge in [0.05, 0.1) is 11.7 Å². The largest absolute Gasteiger partial charge is 0.480 e. The van der Waals surface area contributed by atoms with Crippen LogP contribution in [0, 0.1) is 5.92 Å². The molecule has 3 heterocycles. The van der Waals surface area contributed by atoms with Crippen LogP contribution < -0.4 is 4.90 Å². The van der Waals surface area contributed by atoms with Crippen LogP contribution in [0.4, 0.5) is 10.5 Å². The summed E-state index contributed by atoms with van der Waals surface area (Å²) in [4.78, 5) is 60.6. The molecule has 9 nitrogen and oxygen atoms in total. The molecule has 1 N–H and O–H groups in total. The molecule has 4 aliphatic rings. The van der Waals surface area contributed by atoms with Gasteiger partial charge in [-0.15, -0.1) is 0 Å². The van der Waals surface area contributed by atoms with Crippen molar-refractivity contribution in [2.24, 2.45) is 5.92 Å². The lowest BCUT2D eigenvalue weighted by molar-refractivity contribution is -0.155. The maximum absolute atomic E-state index is 15.0. The Labute approximate surface area is 275 Å². The molecule has 9 heteroatoms. The van der Waals surface area contributed by atoms with E-state index < -0.39 is 36.2 Å². The van der Waals surface area contributed by atoms with Gasteiger partial charge in [0.2, 0.25) is 11.8 Å². The van der Waals surface area contributed by atoms with Gasteiger partial charge in [-0.1, -0.05) is 86.1 Å². The topological polar surface area (TPSA) is 107 Å². The molecule has 7 rings (SSSR count). The van der Waals surface area contributed by atoms with Gasteiger partial charge in [0.1, 0.15) is 24.2 Å². The van der Waals surface area contributed by atoms with Gasteiger partial charge in [0.25, 0.3) is 0 Å². The lowest BCUT2D eigenvalue weighted by atomic mass is 9.88. The summed E-state index contributed by atoms with van der Waals surface area (Å²) in [5, 5.41) is 10.2. The number of carboxylic acid groups (broad SMARTS) is 1. The highest BCUT2D eigenvalue weighted by molar-refractivity contribution is 6.02. The number of aliphatic carboxylic acids is 1. The first kappa shape index (κ1) is 31.0. The third kappa shape index (κ3) is 5.77. The molecule has 0 bridgehead atoms. The van der Waals surface area contributed by atoms with Crippen molar-refractivity contribution in [3.05, 3.63) is 101 Å². The molecular formula is C38H41N3O6. The van der Waals surface area contributed by atoms with Crippen molar-refractivity contribution >= 4 is 29.6 Å². The Morgan fingerprint density at radius 1 is 0.702 bits per heavy atom. The van der Waals surface area contributed by atoms with Crippen LogP contribution >= 0.6 is 0 Å². The van der Waals surface area contributed by atoms with Crippen LogP contribution in [0.15, 0.2) is 78.9 Å². The molecule has 244 valence electrons. The quantitative estimate of drug-likeness (QED) is 0.374. The number of likely N-dealkylation sites (tertiary alicyclic amines) is 1. The van der Waals surface area contributed by atoms with E-state index in [4.69, 9.17) is 4.74 Å². The van der Waals surface area contributed by atoms with E-state index in [1.165, 1.54) is 9.80 Å². The van der Waals surface area contributed by atoms with E-state index in [0.717, 1.165) is 47.9 Å². The number of para-hydroxylation sites is 1. The molecule has 0 radical (unpaired) electrons.